The number of ether oxygens (including phenoxy) is 1. The maximum Gasteiger partial charge on any atom is 0.358 e. The van der Waals surface area contributed by atoms with Crippen molar-refractivity contribution >= 4 is 35.0 Å². The molecular weight excluding hydrogens is 377 g/mol. The topological polar surface area (TPSA) is 65.2 Å². The first-order valence-electron chi connectivity index (χ1n) is 7.06. The summed E-state index contributed by atoms with van der Waals surface area (Å²) >= 11 is 6.90. The van der Waals surface area contributed by atoms with E-state index in [-0.39, 0.29) is 10.1 Å². The zero-order chi connectivity index (χ0) is 18.9. The van der Waals surface area contributed by atoms with Crippen LogP contribution in [0.15, 0.2) is 17.0 Å². The molecule has 2 aromatic rings. The van der Waals surface area contributed by atoms with Gasteiger partial charge in [0.1, 0.15) is 5.69 Å². The van der Waals surface area contributed by atoms with Crippen LogP contribution in [0.2, 0.25) is 5.02 Å². The first kappa shape index (κ1) is 19.4. The van der Waals surface area contributed by atoms with Gasteiger partial charge in [0, 0.05) is 15.7 Å². The van der Waals surface area contributed by atoms with E-state index >= 15 is 0 Å². The molecule has 4 nitrogen and oxygen atoms in total. The summed E-state index contributed by atoms with van der Waals surface area (Å²) in [6.07, 6.45) is 0. The first-order chi connectivity index (χ1) is 11.7. The molecule has 0 radical (unpaired) electrons. The lowest BCUT2D eigenvalue weighted by atomic mass is 10.1. The first-order valence-corrected chi connectivity index (χ1v) is 8.32. The van der Waals surface area contributed by atoms with Crippen molar-refractivity contribution in [2.24, 2.45) is 0 Å². The number of nitrogen functional groups attached to an aromatic ring is 1. The fourth-order valence-corrected chi connectivity index (χ4v) is 3.08. The SMILES string of the molecule is COC(=O)c1nc(-c2ccc(SC(C)C)c(F)c2F)c(F)c(N)c1Cl. The van der Waals surface area contributed by atoms with Gasteiger partial charge in [-0.1, -0.05) is 25.4 Å². The van der Waals surface area contributed by atoms with E-state index in [4.69, 9.17) is 17.3 Å². The van der Waals surface area contributed by atoms with Crippen LogP contribution in [-0.2, 0) is 4.74 Å². The molecule has 0 aliphatic rings. The maximum atomic E-state index is 14.4. The number of nitrogens with zero attached hydrogens (tertiary/aromatic N) is 1. The number of hydrogen-bond donors (Lipinski definition) is 1. The molecule has 1 aromatic heterocycles. The highest BCUT2D eigenvalue weighted by atomic mass is 35.5. The van der Waals surface area contributed by atoms with Crippen LogP contribution in [0, 0.1) is 17.5 Å². The Kier molecular flexibility index (Phi) is 5.84. The van der Waals surface area contributed by atoms with Crippen LogP contribution in [0.1, 0.15) is 24.3 Å². The Morgan fingerprint density at radius 2 is 1.88 bits per heavy atom. The van der Waals surface area contributed by atoms with Crippen LogP contribution in [0.25, 0.3) is 11.3 Å². The average molecular weight is 391 g/mol. The van der Waals surface area contributed by atoms with Gasteiger partial charge in [-0.3, -0.25) is 0 Å². The summed E-state index contributed by atoms with van der Waals surface area (Å²) in [5.74, 6) is -4.56. The van der Waals surface area contributed by atoms with Gasteiger partial charge in [-0.2, -0.15) is 0 Å². The summed E-state index contributed by atoms with van der Waals surface area (Å²) in [6, 6.07) is 2.48. The lowest BCUT2D eigenvalue weighted by molar-refractivity contribution is 0.0594. The number of hydrogen-bond acceptors (Lipinski definition) is 5. The Labute approximate surface area is 151 Å². The van der Waals surface area contributed by atoms with E-state index in [9.17, 15) is 18.0 Å². The van der Waals surface area contributed by atoms with Gasteiger partial charge < -0.3 is 10.5 Å². The van der Waals surface area contributed by atoms with E-state index in [2.05, 4.69) is 9.72 Å². The molecule has 2 rings (SSSR count). The molecule has 0 aliphatic carbocycles. The molecule has 0 atom stereocenters. The number of thioether (sulfide) groups is 1. The second-order valence-corrected chi connectivity index (χ2v) is 7.24. The lowest BCUT2D eigenvalue weighted by Gasteiger charge is -2.13. The predicted octanol–water partition coefficient (Wildman–Crippen LogP) is 4.69. The molecule has 9 heteroatoms. The predicted molar refractivity (Wildman–Crippen MR) is 91.3 cm³/mol. The smallest absolute Gasteiger partial charge is 0.358 e. The third-order valence-corrected chi connectivity index (χ3v) is 4.58. The van der Waals surface area contributed by atoms with E-state index in [1.165, 1.54) is 12.1 Å². The van der Waals surface area contributed by atoms with E-state index in [0.29, 0.717) is 0 Å². The van der Waals surface area contributed by atoms with E-state index in [1.54, 1.807) is 0 Å². The van der Waals surface area contributed by atoms with Crippen molar-refractivity contribution in [2.75, 3.05) is 12.8 Å². The third kappa shape index (κ3) is 3.69. The molecule has 134 valence electrons. The number of nitrogens with two attached hydrogens (primary N) is 1. The van der Waals surface area contributed by atoms with Crippen molar-refractivity contribution in [3.63, 3.8) is 0 Å². The Bertz CT molecular complexity index is 847. The van der Waals surface area contributed by atoms with Gasteiger partial charge in [-0.15, -0.1) is 11.8 Å². The molecule has 0 aliphatic heterocycles. The fourth-order valence-electron chi connectivity index (χ4n) is 2.03. The minimum absolute atomic E-state index is 0.0201. The van der Waals surface area contributed by atoms with Crippen LogP contribution in [-0.4, -0.2) is 23.3 Å². The molecule has 1 aromatic carbocycles. The Morgan fingerprint density at radius 3 is 2.44 bits per heavy atom. The number of methoxy groups -OCH3 is 1. The Morgan fingerprint density at radius 1 is 1.24 bits per heavy atom. The maximum absolute atomic E-state index is 14.4. The number of rotatable bonds is 4. The molecule has 0 spiro atoms. The van der Waals surface area contributed by atoms with Gasteiger partial charge in [0.2, 0.25) is 0 Å². The Hall–Kier alpha value is -1.93. The summed E-state index contributed by atoms with van der Waals surface area (Å²) in [6.45, 7) is 3.64. The van der Waals surface area contributed by atoms with Crippen molar-refractivity contribution < 1.29 is 22.7 Å². The summed E-state index contributed by atoms with van der Waals surface area (Å²) in [5.41, 5.74) is 3.33. The lowest BCUT2D eigenvalue weighted by Crippen LogP contribution is -2.11. The Balaban J connectivity index is 2.68. The number of pyridine rings is 1. The standard InChI is InChI=1S/C16H14ClF3N2O2S/c1-6(2)25-8-5-4-7(10(18)11(8)19)14-12(20)13(21)9(17)15(22-14)16(23)24-3/h4-6H,1-3H3,(H2,21,22). The highest BCUT2D eigenvalue weighted by Gasteiger charge is 2.26. The second-order valence-electron chi connectivity index (χ2n) is 5.25. The van der Waals surface area contributed by atoms with Gasteiger partial charge in [0.25, 0.3) is 0 Å². The van der Waals surface area contributed by atoms with Gasteiger partial charge in [0.15, 0.2) is 23.1 Å². The molecule has 0 saturated heterocycles. The number of anilines is 1. The van der Waals surface area contributed by atoms with Crippen LogP contribution >= 0.6 is 23.4 Å². The highest BCUT2D eigenvalue weighted by molar-refractivity contribution is 7.99. The van der Waals surface area contributed by atoms with Crippen molar-refractivity contribution in [3.8, 4) is 11.3 Å². The van der Waals surface area contributed by atoms with E-state index in [0.717, 1.165) is 18.9 Å². The van der Waals surface area contributed by atoms with Gasteiger partial charge in [-0.25, -0.2) is 22.9 Å². The zero-order valence-corrected chi connectivity index (χ0v) is 15.1. The molecule has 0 bridgehead atoms. The molecule has 0 fully saturated rings. The largest absolute Gasteiger partial charge is 0.464 e. The molecule has 0 amide bonds. The molecule has 0 saturated carbocycles. The molecular formula is C16H14ClF3N2O2S. The van der Waals surface area contributed by atoms with Gasteiger partial charge in [-0.05, 0) is 12.1 Å². The van der Waals surface area contributed by atoms with Crippen LogP contribution in [0.5, 0.6) is 0 Å². The van der Waals surface area contributed by atoms with Gasteiger partial charge >= 0.3 is 5.97 Å². The molecule has 2 N–H and O–H groups in total. The summed E-state index contributed by atoms with van der Waals surface area (Å²) in [7, 11) is 1.07. The summed E-state index contributed by atoms with van der Waals surface area (Å²) in [5, 5.41) is -0.437. The average Bonchev–Trinajstić information content (AvgIpc) is 2.57. The van der Waals surface area contributed by atoms with Crippen LogP contribution in [0.3, 0.4) is 0 Å². The van der Waals surface area contributed by atoms with Crippen molar-refractivity contribution in [1.29, 1.82) is 0 Å². The number of carbonyl (C=O) groups is 1. The number of carbonyl (C=O) groups excluding carboxylic acids is 1. The number of benzene rings is 1. The molecule has 1 heterocycles. The number of esters is 1. The van der Waals surface area contributed by atoms with Crippen molar-refractivity contribution in [2.45, 2.75) is 24.0 Å². The monoisotopic (exact) mass is 390 g/mol. The van der Waals surface area contributed by atoms with Crippen LogP contribution in [0.4, 0.5) is 18.9 Å². The quantitative estimate of drug-likeness (QED) is 0.606. The molecule has 0 unspecified atom stereocenters. The fraction of sp³-hybridized carbons (Fsp3) is 0.250. The number of halogens is 4. The zero-order valence-electron chi connectivity index (χ0n) is 13.5. The van der Waals surface area contributed by atoms with Crippen molar-refractivity contribution in [1.82, 2.24) is 4.98 Å². The molecule has 25 heavy (non-hydrogen) atoms. The van der Waals surface area contributed by atoms with E-state index < -0.39 is 51.1 Å². The summed E-state index contributed by atoms with van der Waals surface area (Å²) in [4.78, 5) is 15.5. The van der Waals surface area contributed by atoms with Gasteiger partial charge in [0.05, 0.1) is 17.8 Å². The van der Waals surface area contributed by atoms with Crippen LogP contribution < -0.4 is 5.73 Å². The number of aromatic nitrogens is 1. The third-order valence-electron chi connectivity index (χ3n) is 3.16. The van der Waals surface area contributed by atoms with E-state index in [1.807, 2.05) is 13.8 Å². The van der Waals surface area contributed by atoms with Crippen molar-refractivity contribution in [3.05, 3.63) is 40.3 Å². The highest BCUT2D eigenvalue weighted by Crippen LogP contribution is 2.36. The second kappa shape index (κ2) is 7.53. The minimum atomic E-state index is -1.30. The summed E-state index contributed by atoms with van der Waals surface area (Å²) < 4.78 is 47.6. The normalized spacial score (nSPS) is 11.0. The minimum Gasteiger partial charge on any atom is -0.464 e.